The van der Waals surface area contributed by atoms with Gasteiger partial charge in [0.2, 0.25) is 0 Å². The third-order valence-corrected chi connectivity index (χ3v) is 2.77. The lowest BCUT2D eigenvalue weighted by Crippen LogP contribution is -2.32. The molecule has 1 saturated heterocycles. The summed E-state index contributed by atoms with van der Waals surface area (Å²) >= 11 is 0. The van der Waals surface area contributed by atoms with Crippen LogP contribution in [-0.4, -0.2) is 28.7 Å². The Morgan fingerprint density at radius 1 is 1.71 bits per heavy atom. The summed E-state index contributed by atoms with van der Waals surface area (Å²) < 4.78 is 5.27. The summed E-state index contributed by atoms with van der Waals surface area (Å²) in [6.45, 7) is 2.47. The molecule has 1 fully saturated rings. The second-order valence-corrected chi connectivity index (χ2v) is 3.73. The van der Waals surface area contributed by atoms with Crippen LogP contribution in [0.5, 0.6) is 0 Å². The minimum atomic E-state index is -0.841. The standard InChI is InChI=1S/C10H13NO3/c1-7-5-8(6-11(7)10(12)13)9-3-2-4-14-9/h2-4,7-8H,5-6H2,1H3,(H,12,13)/t7-,8+/m1/s1. The molecule has 1 aliphatic rings. The van der Waals surface area contributed by atoms with Crippen molar-refractivity contribution in [3.63, 3.8) is 0 Å². The van der Waals surface area contributed by atoms with Gasteiger partial charge in [-0.3, -0.25) is 0 Å². The molecule has 0 unspecified atom stereocenters. The van der Waals surface area contributed by atoms with E-state index in [0.717, 1.165) is 12.2 Å². The maximum atomic E-state index is 10.8. The summed E-state index contributed by atoms with van der Waals surface area (Å²) in [6.07, 6.45) is 1.63. The van der Waals surface area contributed by atoms with Crippen LogP contribution < -0.4 is 0 Å². The molecular weight excluding hydrogens is 182 g/mol. The van der Waals surface area contributed by atoms with Crippen molar-refractivity contribution < 1.29 is 14.3 Å². The Bertz CT molecular complexity index is 320. The highest BCUT2D eigenvalue weighted by Gasteiger charge is 2.34. The molecule has 4 nitrogen and oxygen atoms in total. The number of hydrogen-bond acceptors (Lipinski definition) is 2. The number of hydrogen-bond donors (Lipinski definition) is 1. The van der Waals surface area contributed by atoms with Gasteiger partial charge in [-0.25, -0.2) is 4.79 Å². The molecular formula is C10H13NO3. The molecule has 2 rings (SSSR count). The van der Waals surface area contributed by atoms with E-state index >= 15 is 0 Å². The number of carbonyl (C=O) groups is 1. The van der Waals surface area contributed by atoms with Gasteiger partial charge in [-0.2, -0.15) is 0 Å². The fourth-order valence-electron chi connectivity index (χ4n) is 2.03. The average molecular weight is 195 g/mol. The maximum Gasteiger partial charge on any atom is 0.407 e. The highest BCUT2D eigenvalue weighted by atomic mass is 16.4. The number of amides is 1. The summed E-state index contributed by atoms with van der Waals surface area (Å²) in [4.78, 5) is 12.3. The van der Waals surface area contributed by atoms with Gasteiger partial charge < -0.3 is 14.4 Å². The number of likely N-dealkylation sites (tertiary alicyclic amines) is 1. The summed E-state index contributed by atoms with van der Waals surface area (Å²) in [5.41, 5.74) is 0. The summed E-state index contributed by atoms with van der Waals surface area (Å²) in [5.74, 6) is 1.11. The van der Waals surface area contributed by atoms with E-state index in [9.17, 15) is 4.79 Å². The van der Waals surface area contributed by atoms with Crippen LogP contribution in [0, 0.1) is 0 Å². The molecule has 1 aromatic heterocycles. The minimum absolute atomic E-state index is 0.0857. The van der Waals surface area contributed by atoms with E-state index in [-0.39, 0.29) is 12.0 Å². The first kappa shape index (κ1) is 9.12. The van der Waals surface area contributed by atoms with Crippen molar-refractivity contribution >= 4 is 6.09 Å². The van der Waals surface area contributed by atoms with Gasteiger partial charge in [0, 0.05) is 18.5 Å². The first-order valence-corrected chi connectivity index (χ1v) is 4.71. The van der Waals surface area contributed by atoms with E-state index in [0.29, 0.717) is 6.54 Å². The lowest BCUT2D eigenvalue weighted by molar-refractivity contribution is 0.143. The Labute approximate surface area is 82.1 Å². The molecule has 1 amide bonds. The lowest BCUT2D eigenvalue weighted by Gasteiger charge is -2.16. The second-order valence-electron chi connectivity index (χ2n) is 3.73. The molecule has 0 bridgehead atoms. The van der Waals surface area contributed by atoms with Crippen LogP contribution in [0.4, 0.5) is 4.79 Å². The van der Waals surface area contributed by atoms with Crippen molar-refractivity contribution in [3.05, 3.63) is 24.2 Å². The lowest BCUT2D eigenvalue weighted by atomic mass is 10.0. The minimum Gasteiger partial charge on any atom is -0.469 e. The topological polar surface area (TPSA) is 53.7 Å². The monoisotopic (exact) mass is 195 g/mol. The van der Waals surface area contributed by atoms with Crippen LogP contribution in [0.3, 0.4) is 0 Å². The van der Waals surface area contributed by atoms with Crippen molar-refractivity contribution in [2.75, 3.05) is 6.54 Å². The van der Waals surface area contributed by atoms with Gasteiger partial charge in [-0.15, -0.1) is 0 Å². The fraction of sp³-hybridized carbons (Fsp3) is 0.500. The predicted octanol–water partition coefficient (Wildman–Crippen LogP) is 2.14. The van der Waals surface area contributed by atoms with E-state index in [1.54, 1.807) is 6.26 Å². The molecule has 14 heavy (non-hydrogen) atoms. The molecule has 0 spiro atoms. The van der Waals surface area contributed by atoms with Gasteiger partial charge in [0.1, 0.15) is 5.76 Å². The zero-order chi connectivity index (χ0) is 10.1. The summed E-state index contributed by atoms with van der Waals surface area (Å²) in [7, 11) is 0. The SMILES string of the molecule is C[C@@H]1C[C@H](c2ccco2)CN1C(=O)O. The number of furan rings is 1. The van der Waals surface area contributed by atoms with Gasteiger partial charge in [0.25, 0.3) is 0 Å². The molecule has 1 N–H and O–H groups in total. The highest BCUT2D eigenvalue weighted by molar-refractivity contribution is 5.66. The third kappa shape index (κ3) is 1.47. The van der Waals surface area contributed by atoms with Crippen LogP contribution in [-0.2, 0) is 0 Å². The smallest absolute Gasteiger partial charge is 0.407 e. The Kier molecular flexibility index (Phi) is 2.19. The zero-order valence-corrected chi connectivity index (χ0v) is 8.01. The van der Waals surface area contributed by atoms with E-state index in [4.69, 9.17) is 9.52 Å². The van der Waals surface area contributed by atoms with Crippen LogP contribution in [0.2, 0.25) is 0 Å². The Hall–Kier alpha value is -1.45. The van der Waals surface area contributed by atoms with Crippen molar-refractivity contribution in [3.8, 4) is 0 Å². The molecule has 76 valence electrons. The van der Waals surface area contributed by atoms with Crippen molar-refractivity contribution in [2.24, 2.45) is 0 Å². The first-order valence-electron chi connectivity index (χ1n) is 4.71. The van der Waals surface area contributed by atoms with Crippen LogP contribution in [0.1, 0.15) is 25.0 Å². The molecule has 1 aromatic rings. The van der Waals surface area contributed by atoms with Crippen LogP contribution >= 0.6 is 0 Å². The maximum absolute atomic E-state index is 10.8. The number of carboxylic acid groups (broad SMARTS) is 1. The summed E-state index contributed by atoms with van der Waals surface area (Å²) in [5, 5.41) is 8.89. The first-order chi connectivity index (χ1) is 6.68. The fourth-order valence-corrected chi connectivity index (χ4v) is 2.03. The normalized spacial score (nSPS) is 26.8. The Morgan fingerprint density at radius 3 is 3.00 bits per heavy atom. The van der Waals surface area contributed by atoms with E-state index in [2.05, 4.69) is 0 Å². The largest absolute Gasteiger partial charge is 0.469 e. The Balaban J connectivity index is 2.10. The average Bonchev–Trinajstić information content (AvgIpc) is 2.70. The van der Waals surface area contributed by atoms with Gasteiger partial charge in [-0.1, -0.05) is 0 Å². The van der Waals surface area contributed by atoms with Crippen molar-refractivity contribution in [1.82, 2.24) is 4.90 Å². The van der Waals surface area contributed by atoms with E-state index in [1.165, 1.54) is 4.90 Å². The van der Waals surface area contributed by atoms with Crippen molar-refractivity contribution in [1.29, 1.82) is 0 Å². The second kappa shape index (κ2) is 3.36. The van der Waals surface area contributed by atoms with E-state index in [1.807, 2.05) is 19.1 Å². The summed E-state index contributed by atoms with van der Waals surface area (Å²) in [6, 6.07) is 3.83. The predicted molar refractivity (Wildman–Crippen MR) is 50.3 cm³/mol. The van der Waals surface area contributed by atoms with Gasteiger partial charge in [0.15, 0.2) is 0 Å². The number of rotatable bonds is 1. The molecule has 0 saturated carbocycles. The van der Waals surface area contributed by atoms with Crippen LogP contribution in [0.25, 0.3) is 0 Å². The van der Waals surface area contributed by atoms with Gasteiger partial charge in [0.05, 0.1) is 6.26 Å². The molecule has 1 aliphatic heterocycles. The molecule has 0 aliphatic carbocycles. The zero-order valence-electron chi connectivity index (χ0n) is 8.01. The van der Waals surface area contributed by atoms with Gasteiger partial charge in [-0.05, 0) is 25.5 Å². The highest BCUT2D eigenvalue weighted by Crippen LogP contribution is 2.31. The van der Waals surface area contributed by atoms with Gasteiger partial charge >= 0.3 is 6.09 Å². The van der Waals surface area contributed by atoms with Crippen LogP contribution in [0.15, 0.2) is 22.8 Å². The molecule has 4 heteroatoms. The molecule has 2 atom stereocenters. The van der Waals surface area contributed by atoms with E-state index < -0.39 is 6.09 Å². The third-order valence-electron chi connectivity index (χ3n) is 2.77. The quantitative estimate of drug-likeness (QED) is 0.746. The number of nitrogens with zero attached hydrogens (tertiary/aromatic N) is 1. The molecule has 2 heterocycles. The molecule has 0 aromatic carbocycles. The van der Waals surface area contributed by atoms with Crippen molar-refractivity contribution in [2.45, 2.75) is 25.3 Å². The Morgan fingerprint density at radius 2 is 2.50 bits per heavy atom. The molecule has 0 radical (unpaired) electrons.